The van der Waals surface area contributed by atoms with Crippen molar-refractivity contribution in [3.63, 3.8) is 0 Å². The summed E-state index contributed by atoms with van der Waals surface area (Å²) in [5, 5.41) is 3.76. The molecular formula is C16H31NO. The van der Waals surface area contributed by atoms with Crippen LogP contribution in [0.3, 0.4) is 0 Å². The van der Waals surface area contributed by atoms with Crippen molar-refractivity contribution in [1.29, 1.82) is 0 Å². The fourth-order valence-electron chi connectivity index (χ4n) is 4.17. The third-order valence-electron chi connectivity index (χ3n) is 6.07. The number of unbranched alkanes of at least 4 members (excludes halogenated alkanes) is 1. The molecule has 2 aliphatic rings. The fraction of sp³-hybridized carbons (Fsp3) is 1.00. The molecule has 2 bridgehead atoms. The zero-order chi connectivity index (χ0) is 13.2. The first-order valence-electron chi connectivity index (χ1n) is 7.83. The molecule has 106 valence electrons. The second kappa shape index (κ2) is 5.50. The summed E-state index contributed by atoms with van der Waals surface area (Å²) in [6, 6.07) is 0.709. The Morgan fingerprint density at radius 2 is 2.00 bits per heavy atom. The Hall–Kier alpha value is -0.0800. The molecule has 2 rings (SSSR count). The largest absolute Gasteiger partial charge is 0.380 e. The smallest absolute Gasteiger partial charge is 0.0591 e. The summed E-state index contributed by atoms with van der Waals surface area (Å²) >= 11 is 0. The van der Waals surface area contributed by atoms with Crippen molar-refractivity contribution >= 4 is 0 Å². The molecule has 0 radical (unpaired) electrons. The first-order valence-corrected chi connectivity index (χ1v) is 7.83. The summed E-state index contributed by atoms with van der Waals surface area (Å²) in [4.78, 5) is 0. The lowest BCUT2D eigenvalue weighted by atomic mass is 9.69. The van der Waals surface area contributed by atoms with Crippen molar-refractivity contribution in [1.82, 2.24) is 5.32 Å². The van der Waals surface area contributed by atoms with Gasteiger partial charge in [-0.1, -0.05) is 34.1 Å². The molecule has 0 amide bonds. The molecule has 18 heavy (non-hydrogen) atoms. The zero-order valence-electron chi connectivity index (χ0n) is 12.7. The molecule has 0 saturated heterocycles. The van der Waals surface area contributed by atoms with Crippen LogP contribution in [0.4, 0.5) is 0 Å². The quantitative estimate of drug-likeness (QED) is 0.700. The maximum Gasteiger partial charge on any atom is 0.0591 e. The van der Waals surface area contributed by atoms with Crippen LogP contribution in [0, 0.1) is 16.7 Å². The van der Waals surface area contributed by atoms with Gasteiger partial charge in [-0.25, -0.2) is 0 Å². The second-order valence-electron chi connectivity index (χ2n) is 7.08. The average molecular weight is 253 g/mol. The molecule has 1 N–H and O–H groups in total. The van der Waals surface area contributed by atoms with Crippen molar-refractivity contribution in [2.24, 2.45) is 16.7 Å². The Balaban J connectivity index is 1.72. The summed E-state index contributed by atoms with van der Waals surface area (Å²) < 4.78 is 5.64. The molecule has 2 aliphatic carbocycles. The van der Waals surface area contributed by atoms with Gasteiger partial charge in [-0.05, 0) is 42.4 Å². The lowest BCUT2D eigenvalue weighted by molar-refractivity contribution is 0.102. The van der Waals surface area contributed by atoms with Crippen molar-refractivity contribution in [2.75, 3.05) is 19.8 Å². The molecule has 0 aromatic heterocycles. The van der Waals surface area contributed by atoms with Crippen LogP contribution in [0.1, 0.15) is 59.8 Å². The molecule has 2 fully saturated rings. The van der Waals surface area contributed by atoms with E-state index in [1.165, 1.54) is 32.1 Å². The van der Waals surface area contributed by atoms with E-state index in [9.17, 15) is 0 Å². The van der Waals surface area contributed by atoms with Crippen LogP contribution in [0.2, 0.25) is 0 Å². The summed E-state index contributed by atoms with van der Waals surface area (Å²) in [6.07, 6.45) is 6.63. The summed E-state index contributed by atoms with van der Waals surface area (Å²) in [5.74, 6) is 0.931. The molecule has 2 heteroatoms. The van der Waals surface area contributed by atoms with Crippen LogP contribution in [0.5, 0.6) is 0 Å². The molecule has 3 atom stereocenters. The first-order chi connectivity index (χ1) is 8.52. The van der Waals surface area contributed by atoms with E-state index < -0.39 is 0 Å². The van der Waals surface area contributed by atoms with E-state index in [4.69, 9.17) is 4.74 Å². The van der Waals surface area contributed by atoms with Crippen molar-refractivity contribution < 1.29 is 4.74 Å². The third-order valence-corrected chi connectivity index (χ3v) is 6.07. The van der Waals surface area contributed by atoms with Crippen molar-refractivity contribution in [3.05, 3.63) is 0 Å². The van der Waals surface area contributed by atoms with Crippen molar-refractivity contribution in [3.8, 4) is 0 Å². The predicted molar refractivity (Wildman–Crippen MR) is 76.7 cm³/mol. The van der Waals surface area contributed by atoms with Gasteiger partial charge in [0.05, 0.1) is 6.61 Å². The second-order valence-corrected chi connectivity index (χ2v) is 7.08. The molecule has 0 aliphatic heterocycles. The highest BCUT2D eigenvalue weighted by Gasteiger charge is 2.60. The van der Waals surface area contributed by atoms with Crippen LogP contribution in [0.25, 0.3) is 0 Å². The van der Waals surface area contributed by atoms with Crippen molar-refractivity contribution in [2.45, 2.75) is 65.8 Å². The Bertz CT molecular complexity index is 276. The standard InChI is InChI=1S/C16H31NO/c1-5-6-10-18-11-9-17-14-12-13-7-8-16(14,4)15(13,2)3/h13-14,17H,5-12H2,1-4H3. The number of rotatable bonds is 7. The highest BCUT2D eigenvalue weighted by atomic mass is 16.5. The molecule has 0 spiro atoms. The van der Waals surface area contributed by atoms with Crippen LogP contribution in [-0.2, 0) is 4.74 Å². The molecular weight excluding hydrogens is 222 g/mol. The van der Waals surface area contributed by atoms with Gasteiger partial charge in [-0.3, -0.25) is 0 Å². The molecule has 2 saturated carbocycles. The molecule has 2 nitrogen and oxygen atoms in total. The monoisotopic (exact) mass is 253 g/mol. The van der Waals surface area contributed by atoms with E-state index in [0.717, 1.165) is 25.7 Å². The van der Waals surface area contributed by atoms with Gasteiger partial charge in [0.2, 0.25) is 0 Å². The van der Waals surface area contributed by atoms with Gasteiger partial charge in [-0.15, -0.1) is 0 Å². The molecule has 0 heterocycles. The minimum absolute atomic E-state index is 0.501. The Morgan fingerprint density at radius 3 is 2.56 bits per heavy atom. The van der Waals surface area contributed by atoms with E-state index in [2.05, 4.69) is 33.0 Å². The number of nitrogens with one attached hydrogen (secondary N) is 1. The zero-order valence-corrected chi connectivity index (χ0v) is 12.7. The Morgan fingerprint density at radius 1 is 1.22 bits per heavy atom. The Kier molecular flexibility index (Phi) is 4.38. The first kappa shape index (κ1) is 14.3. The SMILES string of the molecule is CCCCOCCNC1CC2CCC1(C)C2(C)C. The van der Waals surface area contributed by atoms with Crippen LogP contribution in [0.15, 0.2) is 0 Å². The van der Waals surface area contributed by atoms with Gasteiger partial charge in [0.15, 0.2) is 0 Å². The average Bonchev–Trinajstić information content (AvgIpc) is 2.66. The van der Waals surface area contributed by atoms with Gasteiger partial charge in [-0.2, -0.15) is 0 Å². The topological polar surface area (TPSA) is 21.3 Å². The minimum atomic E-state index is 0.501. The fourth-order valence-corrected chi connectivity index (χ4v) is 4.17. The normalized spacial score (nSPS) is 37.3. The van der Waals surface area contributed by atoms with Gasteiger partial charge in [0.1, 0.15) is 0 Å². The third kappa shape index (κ3) is 2.34. The van der Waals surface area contributed by atoms with Gasteiger partial charge >= 0.3 is 0 Å². The number of hydrogen-bond donors (Lipinski definition) is 1. The highest BCUT2D eigenvalue weighted by Crippen LogP contribution is 2.65. The Labute approximate surface area is 113 Å². The van der Waals surface area contributed by atoms with E-state index in [1.807, 2.05) is 0 Å². The van der Waals surface area contributed by atoms with Gasteiger partial charge in [0.25, 0.3) is 0 Å². The summed E-state index contributed by atoms with van der Waals surface area (Å²) in [5.41, 5.74) is 1.02. The van der Waals surface area contributed by atoms with Gasteiger partial charge in [0, 0.05) is 19.2 Å². The molecule has 3 unspecified atom stereocenters. The number of ether oxygens (including phenoxy) is 1. The van der Waals surface area contributed by atoms with Crippen LogP contribution >= 0.6 is 0 Å². The maximum atomic E-state index is 5.64. The summed E-state index contributed by atoms with van der Waals surface area (Å²) in [6.45, 7) is 12.5. The highest BCUT2D eigenvalue weighted by molar-refractivity contribution is 5.12. The number of hydrogen-bond acceptors (Lipinski definition) is 2. The minimum Gasteiger partial charge on any atom is -0.380 e. The lowest BCUT2D eigenvalue weighted by Crippen LogP contribution is -2.45. The molecule has 0 aromatic rings. The van der Waals surface area contributed by atoms with E-state index in [-0.39, 0.29) is 0 Å². The number of fused-ring (bicyclic) bond motifs is 2. The predicted octanol–water partition coefficient (Wildman–Crippen LogP) is 3.61. The van der Waals surface area contributed by atoms with Gasteiger partial charge < -0.3 is 10.1 Å². The maximum absolute atomic E-state index is 5.64. The van der Waals surface area contributed by atoms with E-state index in [1.54, 1.807) is 0 Å². The lowest BCUT2D eigenvalue weighted by Gasteiger charge is -2.39. The molecule has 0 aromatic carbocycles. The van der Waals surface area contributed by atoms with Crippen LogP contribution < -0.4 is 5.32 Å². The summed E-state index contributed by atoms with van der Waals surface area (Å²) in [7, 11) is 0. The van der Waals surface area contributed by atoms with Crippen LogP contribution in [-0.4, -0.2) is 25.8 Å². The van der Waals surface area contributed by atoms with E-state index >= 15 is 0 Å². The van der Waals surface area contributed by atoms with E-state index in [0.29, 0.717) is 16.9 Å².